The summed E-state index contributed by atoms with van der Waals surface area (Å²) in [5.41, 5.74) is -0.409. The molecule has 1 aromatic rings. The van der Waals surface area contributed by atoms with Gasteiger partial charge in [-0.15, -0.1) is 0 Å². The lowest BCUT2D eigenvalue weighted by atomic mass is 9.97. The van der Waals surface area contributed by atoms with Crippen LogP contribution in [0.25, 0.3) is 0 Å². The zero-order chi connectivity index (χ0) is 16.8. The van der Waals surface area contributed by atoms with Crippen LogP contribution in [0.1, 0.15) is 24.0 Å². The molecule has 1 aromatic carbocycles. The van der Waals surface area contributed by atoms with Crippen LogP contribution in [-0.2, 0) is 20.8 Å². The number of rotatable bonds is 5. The van der Waals surface area contributed by atoms with Gasteiger partial charge in [0.1, 0.15) is 10.8 Å². The fraction of sp³-hybridized carbons (Fsp3) is 0.471. The Labute approximate surface area is 133 Å². The molecule has 2 atom stereocenters. The van der Waals surface area contributed by atoms with Gasteiger partial charge in [-0.3, -0.25) is 14.4 Å². The first-order chi connectivity index (χ1) is 10.8. The van der Waals surface area contributed by atoms with Crippen molar-refractivity contribution >= 4 is 17.8 Å². The van der Waals surface area contributed by atoms with Crippen molar-refractivity contribution in [3.8, 4) is 0 Å². The monoisotopic (exact) mass is 317 g/mol. The quantitative estimate of drug-likeness (QED) is 0.854. The summed E-state index contributed by atoms with van der Waals surface area (Å²) in [6, 6.07) is 7.78. The van der Waals surface area contributed by atoms with Crippen LogP contribution < -0.4 is 0 Å². The summed E-state index contributed by atoms with van der Waals surface area (Å²) < 4.78 is 0. The first-order valence-corrected chi connectivity index (χ1v) is 7.61. The molecule has 23 heavy (non-hydrogen) atoms. The molecule has 1 aliphatic carbocycles. The Morgan fingerprint density at radius 1 is 1.09 bits per heavy atom. The lowest BCUT2D eigenvalue weighted by molar-refractivity contribution is -0.151. The van der Waals surface area contributed by atoms with E-state index in [4.69, 9.17) is 0 Å². The molecule has 122 valence electrons. The van der Waals surface area contributed by atoms with Crippen molar-refractivity contribution in [1.29, 1.82) is 0 Å². The van der Waals surface area contributed by atoms with E-state index in [9.17, 15) is 24.6 Å². The first kappa shape index (κ1) is 15.5. The standard InChI is InChI=1S/C17H19NO5/c1-11-4-2-3-5-12(11)6-7-13(19)18-9-16(14(20)21)8-17(16,10-18)15(22)23/h2-5H,6-10H2,1H3,(H,20,21)(H,22,23)/t16-,17+. The second-order valence-corrected chi connectivity index (χ2v) is 6.63. The van der Waals surface area contributed by atoms with Gasteiger partial charge in [0.05, 0.1) is 0 Å². The number of piperidine rings is 1. The van der Waals surface area contributed by atoms with E-state index in [1.807, 2.05) is 31.2 Å². The summed E-state index contributed by atoms with van der Waals surface area (Å²) in [7, 11) is 0. The summed E-state index contributed by atoms with van der Waals surface area (Å²) >= 11 is 0. The topological polar surface area (TPSA) is 94.9 Å². The molecule has 1 saturated heterocycles. The van der Waals surface area contributed by atoms with Crippen molar-refractivity contribution in [1.82, 2.24) is 4.90 Å². The summed E-state index contributed by atoms with van der Waals surface area (Å²) in [6.07, 6.45) is 0.949. The van der Waals surface area contributed by atoms with Crippen LogP contribution >= 0.6 is 0 Å². The van der Waals surface area contributed by atoms with Gasteiger partial charge in [-0.25, -0.2) is 0 Å². The number of carbonyl (C=O) groups excluding carboxylic acids is 1. The minimum atomic E-state index is -1.29. The van der Waals surface area contributed by atoms with Crippen LogP contribution in [0.15, 0.2) is 24.3 Å². The van der Waals surface area contributed by atoms with Gasteiger partial charge in [-0.1, -0.05) is 24.3 Å². The van der Waals surface area contributed by atoms with E-state index in [-0.39, 0.29) is 31.8 Å². The maximum atomic E-state index is 12.4. The van der Waals surface area contributed by atoms with Crippen molar-refractivity contribution in [3.63, 3.8) is 0 Å². The molecule has 6 nitrogen and oxygen atoms in total. The second-order valence-electron chi connectivity index (χ2n) is 6.63. The highest BCUT2D eigenvalue weighted by molar-refractivity contribution is 5.96. The molecular formula is C17H19NO5. The van der Waals surface area contributed by atoms with Gasteiger partial charge in [0.25, 0.3) is 0 Å². The van der Waals surface area contributed by atoms with Gasteiger partial charge in [0.2, 0.25) is 5.91 Å². The molecule has 1 saturated carbocycles. The highest BCUT2D eigenvalue weighted by Gasteiger charge is 2.81. The molecule has 0 unspecified atom stereocenters. The number of carboxylic acid groups (broad SMARTS) is 2. The Balaban J connectivity index is 1.67. The van der Waals surface area contributed by atoms with Gasteiger partial charge in [-0.2, -0.15) is 0 Å². The average molecular weight is 317 g/mol. The number of nitrogens with zero attached hydrogens (tertiary/aromatic N) is 1. The molecule has 0 radical (unpaired) electrons. The number of hydrogen-bond acceptors (Lipinski definition) is 3. The Morgan fingerprint density at radius 2 is 1.65 bits per heavy atom. The number of hydrogen-bond donors (Lipinski definition) is 2. The van der Waals surface area contributed by atoms with Gasteiger partial charge in [0, 0.05) is 19.5 Å². The molecule has 6 heteroatoms. The third kappa shape index (κ3) is 2.20. The number of amides is 1. The van der Waals surface area contributed by atoms with Gasteiger partial charge in [0.15, 0.2) is 0 Å². The molecule has 0 aromatic heterocycles. The predicted octanol–water partition coefficient (Wildman–Crippen LogP) is 1.32. The molecule has 3 rings (SSSR count). The van der Waals surface area contributed by atoms with Crippen LogP contribution in [0.2, 0.25) is 0 Å². The van der Waals surface area contributed by atoms with E-state index in [2.05, 4.69) is 0 Å². The normalized spacial score (nSPS) is 28.3. The van der Waals surface area contributed by atoms with Crippen LogP contribution in [0.3, 0.4) is 0 Å². The molecule has 2 fully saturated rings. The number of fused-ring (bicyclic) bond motifs is 1. The Kier molecular flexibility index (Phi) is 3.43. The molecule has 2 aliphatic rings. The maximum absolute atomic E-state index is 12.4. The zero-order valence-electron chi connectivity index (χ0n) is 12.9. The molecule has 2 N–H and O–H groups in total. The largest absolute Gasteiger partial charge is 0.481 e. The van der Waals surface area contributed by atoms with E-state index < -0.39 is 22.8 Å². The number of likely N-dealkylation sites (tertiary alicyclic amines) is 1. The van der Waals surface area contributed by atoms with Crippen molar-refractivity contribution in [3.05, 3.63) is 35.4 Å². The van der Waals surface area contributed by atoms with Gasteiger partial charge < -0.3 is 15.1 Å². The summed E-state index contributed by atoms with van der Waals surface area (Å²) in [6.45, 7) is 1.98. The molecule has 0 bridgehead atoms. The summed E-state index contributed by atoms with van der Waals surface area (Å²) in [5.74, 6) is -2.41. The Bertz CT molecular complexity index is 672. The fourth-order valence-electron chi connectivity index (χ4n) is 3.76. The van der Waals surface area contributed by atoms with Crippen molar-refractivity contribution in [2.45, 2.75) is 26.2 Å². The Hall–Kier alpha value is -2.37. The molecule has 1 amide bonds. The number of benzene rings is 1. The highest BCUT2D eigenvalue weighted by Crippen LogP contribution is 2.68. The third-order valence-corrected chi connectivity index (χ3v) is 5.36. The van der Waals surface area contributed by atoms with Crippen LogP contribution in [-0.4, -0.2) is 46.0 Å². The number of aryl methyl sites for hydroxylation is 2. The van der Waals surface area contributed by atoms with E-state index >= 15 is 0 Å². The minimum Gasteiger partial charge on any atom is -0.481 e. The molecule has 0 spiro atoms. The smallest absolute Gasteiger partial charge is 0.312 e. The van der Waals surface area contributed by atoms with E-state index in [0.29, 0.717) is 6.42 Å². The van der Waals surface area contributed by atoms with Crippen LogP contribution in [0.4, 0.5) is 0 Å². The molecule has 1 aliphatic heterocycles. The molecular weight excluding hydrogens is 298 g/mol. The minimum absolute atomic E-state index is 0.00123. The maximum Gasteiger partial charge on any atom is 0.312 e. The molecule has 1 heterocycles. The summed E-state index contributed by atoms with van der Waals surface area (Å²) in [4.78, 5) is 36.7. The van der Waals surface area contributed by atoms with Gasteiger partial charge >= 0.3 is 11.9 Å². The number of carbonyl (C=O) groups is 3. The van der Waals surface area contributed by atoms with E-state index in [0.717, 1.165) is 11.1 Å². The summed E-state index contributed by atoms with van der Waals surface area (Å²) in [5, 5.41) is 18.7. The highest BCUT2D eigenvalue weighted by atomic mass is 16.4. The van der Waals surface area contributed by atoms with E-state index in [1.54, 1.807) is 0 Å². The SMILES string of the molecule is Cc1ccccc1CCC(=O)N1C[C@@]2(C(=O)O)C[C@@]2(C(=O)O)C1. The third-order valence-electron chi connectivity index (χ3n) is 5.36. The van der Waals surface area contributed by atoms with E-state index in [1.165, 1.54) is 4.90 Å². The van der Waals surface area contributed by atoms with Crippen molar-refractivity contribution < 1.29 is 24.6 Å². The second kappa shape index (κ2) is 5.08. The van der Waals surface area contributed by atoms with Crippen LogP contribution in [0.5, 0.6) is 0 Å². The fourth-order valence-corrected chi connectivity index (χ4v) is 3.76. The zero-order valence-corrected chi connectivity index (χ0v) is 12.9. The number of aliphatic carboxylic acids is 2. The average Bonchev–Trinajstić information content (AvgIpc) is 3.05. The predicted molar refractivity (Wildman–Crippen MR) is 80.8 cm³/mol. The lowest BCUT2D eigenvalue weighted by Gasteiger charge is -2.20. The first-order valence-electron chi connectivity index (χ1n) is 7.61. The lowest BCUT2D eigenvalue weighted by Crippen LogP contribution is -2.34. The van der Waals surface area contributed by atoms with Gasteiger partial charge in [-0.05, 0) is 30.9 Å². The number of carboxylic acids is 2. The van der Waals surface area contributed by atoms with Crippen molar-refractivity contribution in [2.24, 2.45) is 10.8 Å². The Morgan fingerprint density at radius 3 is 2.17 bits per heavy atom. The van der Waals surface area contributed by atoms with Crippen LogP contribution in [0, 0.1) is 17.8 Å². The van der Waals surface area contributed by atoms with Crippen molar-refractivity contribution in [2.75, 3.05) is 13.1 Å².